The first-order valence-corrected chi connectivity index (χ1v) is 6.55. The molecule has 0 aliphatic heterocycles. The molecule has 0 aliphatic carbocycles. The van der Waals surface area contributed by atoms with Gasteiger partial charge in [0.2, 0.25) is 0 Å². The molecule has 0 fully saturated rings. The molecule has 18 heavy (non-hydrogen) atoms. The van der Waals surface area contributed by atoms with E-state index in [4.69, 9.17) is 4.74 Å². The normalized spacial score (nSPS) is 12.2. The molecule has 1 aromatic rings. The van der Waals surface area contributed by atoms with Crippen molar-refractivity contribution in [2.24, 2.45) is 5.41 Å². The van der Waals surface area contributed by atoms with Crippen molar-refractivity contribution in [2.75, 3.05) is 26.8 Å². The fourth-order valence-corrected chi connectivity index (χ4v) is 1.72. The zero-order valence-electron chi connectivity index (χ0n) is 11.8. The Kier molecular flexibility index (Phi) is 6.69. The molecular formula is C16H25NO. The maximum absolute atomic E-state index is 5.12. The molecule has 0 amide bonds. The summed E-state index contributed by atoms with van der Waals surface area (Å²) in [7, 11) is 1.76. The number of ether oxygens (including phenoxy) is 1. The molecule has 0 aliphatic rings. The van der Waals surface area contributed by atoms with E-state index in [-0.39, 0.29) is 5.41 Å². The van der Waals surface area contributed by atoms with Crippen molar-refractivity contribution in [2.45, 2.75) is 20.3 Å². The van der Waals surface area contributed by atoms with Crippen molar-refractivity contribution < 1.29 is 4.74 Å². The summed E-state index contributed by atoms with van der Waals surface area (Å²) in [5.41, 5.74) is 1.54. The molecule has 1 aromatic carbocycles. The van der Waals surface area contributed by atoms with E-state index in [9.17, 15) is 0 Å². The second-order valence-corrected chi connectivity index (χ2v) is 5.35. The van der Waals surface area contributed by atoms with Gasteiger partial charge in [0.25, 0.3) is 0 Å². The Morgan fingerprint density at radius 1 is 1.22 bits per heavy atom. The van der Waals surface area contributed by atoms with Crippen molar-refractivity contribution in [3.63, 3.8) is 0 Å². The summed E-state index contributed by atoms with van der Waals surface area (Å²) in [4.78, 5) is 0. The Labute approximate surface area is 111 Å². The molecule has 100 valence electrons. The lowest BCUT2D eigenvalue weighted by molar-refractivity contribution is 0.151. The Morgan fingerprint density at radius 3 is 2.61 bits per heavy atom. The van der Waals surface area contributed by atoms with Crippen LogP contribution >= 0.6 is 0 Å². The van der Waals surface area contributed by atoms with E-state index in [0.717, 1.165) is 26.1 Å². The first-order chi connectivity index (χ1) is 8.64. The Balaban J connectivity index is 2.20. The molecule has 0 atom stereocenters. The minimum Gasteiger partial charge on any atom is -0.385 e. The van der Waals surface area contributed by atoms with Gasteiger partial charge >= 0.3 is 0 Å². The second kappa shape index (κ2) is 8.06. The molecule has 0 spiro atoms. The Morgan fingerprint density at radius 2 is 1.94 bits per heavy atom. The minimum atomic E-state index is 0.288. The summed E-state index contributed by atoms with van der Waals surface area (Å²) in [6.07, 6.45) is 5.40. The highest BCUT2D eigenvalue weighted by molar-refractivity contribution is 5.48. The maximum Gasteiger partial charge on any atom is 0.0467 e. The van der Waals surface area contributed by atoms with Gasteiger partial charge in [0.15, 0.2) is 0 Å². The molecule has 2 heteroatoms. The van der Waals surface area contributed by atoms with Gasteiger partial charge in [-0.1, -0.05) is 56.3 Å². The SMILES string of the molecule is COCCC(C)(C)CNC/C=C/c1ccccc1. The van der Waals surface area contributed by atoms with Gasteiger partial charge in [0, 0.05) is 26.8 Å². The zero-order chi connectivity index (χ0) is 13.3. The average Bonchev–Trinajstić information content (AvgIpc) is 2.37. The second-order valence-electron chi connectivity index (χ2n) is 5.35. The smallest absolute Gasteiger partial charge is 0.0467 e. The van der Waals surface area contributed by atoms with Crippen molar-refractivity contribution in [3.05, 3.63) is 42.0 Å². The fraction of sp³-hybridized carbons (Fsp3) is 0.500. The molecule has 0 saturated carbocycles. The molecule has 0 heterocycles. The van der Waals surface area contributed by atoms with E-state index in [2.05, 4.69) is 55.6 Å². The van der Waals surface area contributed by atoms with Crippen LogP contribution in [0.4, 0.5) is 0 Å². The number of nitrogens with one attached hydrogen (secondary N) is 1. The van der Waals surface area contributed by atoms with Gasteiger partial charge in [-0.2, -0.15) is 0 Å². The van der Waals surface area contributed by atoms with Gasteiger partial charge in [0.05, 0.1) is 0 Å². The summed E-state index contributed by atoms with van der Waals surface area (Å²) in [6, 6.07) is 10.4. The number of hydrogen-bond acceptors (Lipinski definition) is 2. The van der Waals surface area contributed by atoms with E-state index in [0.29, 0.717) is 0 Å². The Bertz CT molecular complexity index is 343. The van der Waals surface area contributed by atoms with Crippen LogP contribution in [0.5, 0.6) is 0 Å². The molecule has 0 bridgehead atoms. The third kappa shape index (κ3) is 6.58. The summed E-state index contributed by atoms with van der Waals surface area (Å²) in [5, 5.41) is 3.46. The van der Waals surface area contributed by atoms with E-state index < -0.39 is 0 Å². The predicted molar refractivity (Wildman–Crippen MR) is 78.6 cm³/mol. The van der Waals surface area contributed by atoms with E-state index >= 15 is 0 Å². The number of methoxy groups -OCH3 is 1. The average molecular weight is 247 g/mol. The van der Waals surface area contributed by atoms with Crippen LogP contribution < -0.4 is 5.32 Å². The fourth-order valence-electron chi connectivity index (χ4n) is 1.72. The van der Waals surface area contributed by atoms with E-state index in [1.54, 1.807) is 7.11 Å². The lowest BCUT2D eigenvalue weighted by Gasteiger charge is -2.24. The highest BCUT2D eigenvalue weighted by atomic mass is 16.5. The van der Waals surface area contributed by atoms with Gasteiger partial charge < -0.3 is 10.1 Å². The quantitative estimate of drug-likeness (QED) is 0.711. The van der Waals surface area contributed by atoms with Crippen LogP contribution in [0, 0.1) is 5.41 Å². The third-order valence-corrected chi connectivity index (χ3v) is 2.96. The van der Waals surface area contributed by atoms with Gasteiger partial charge in [0.1, 0.15) is 0 Å². The van der Waals surface area contributed by atoms with Crippen LogP contribution in [0.1, 0.15) is 25.8 Å². The minimum absolute atomic E-state index is 0.288. The van der Waals surface area contributed by atoms with Crippen LogP contribution in [0.2, 0.25) is 0 Å². The van der Waals surface area contributed by atoms with Gasteiger partial charge in [-0.25, -0.2) is 0 Å². The molecule has 2 nitrogen and oxygen atoms in total. The largest absolute Gasteiger partial charge is 0.385 e. The van der Waals surface area contributed by atoms with E-state index in [1.807, 2.05) is 6.07 Å². The summed E-state index contributed by atoms with van der Waals surface area (Å²) >= 11 is 0. The molecule has 0 unspecified atom stereocenters. The van der Waals surface area contributed by atoms with Gasteiger partial charge in [-0.15, -0.1) is 0 Å². The molecule has 1 rings (SSSR count). The van der Waals surface area contributed by atoms with Gasteiger partial charge in [-0.05, 0) is 17.4 Å². The monoisotopic (exact) mass is 247 g/mol. The van der Waals surface area contributed by atoms with Crippen LogP contribution in [0.25, 0.3) is 6.08 Å². The molecular weight excluding hydrogens is 222 g/mol. The van der Waals surface area contributed by atoms with Crippen LogP contribution in [0.15, 0.2) is 36.4 Å². The van der Waals surface area contributed by atoms with Crippen molar-refractivity contribution in [1.82, 2.24) is 5.32 Å². The van der Waals surface area contributed by atoms with Crippen LogP contribution in [-0.4, -0.2) is 26.8 Å². The van der Waals surface area contributed by atoms with E-state index in [1.165, 1.54) is 5.56 Å². The molecule has 0 radical (unpaired) electrons. The zero-order valence-corrected chi connectivity index (χ0v) is 11.8. The standard InChI is InChI=1S/C16H25NO/c1-16(2,11-13-18-3)14-17-12-7-10-15-8-5-4-6-9-15/h4-10,17H,11-14H2,1-3H3/b10-7+. The maximum atomic E-state index is 5.12. The molecule has 0 aromatic heterocycles. The first-order valence-electron chi connectivity index (χ1n) is 6.55. The Hall–Kier alpha value is -1.12. The summed E-state index contributed by atoms with van der Waals surface area (Å²) in [5.74, 6) is 0. The van der Waals surface area contributed by atoms with Crippen molar-refractivity contribution in [3.8, 4) is 0 Å². The molecule has 0 saturated heterocycles. The number of benzene rings is 1. The highest BCUT2D eigenvalue weighted by Gasteiger charge is 2.16. The lowest BCUT2D eigenvalue weighted by atomic mass is 9.90. The van der Waals surface area contributed by atoms with Crippen molar-refractivity contribution in [1.29, 1.82) is 0 Å². The number of hydrogen-bond donors (Lipinski definition) is 1. The van der Waals surface area contributed by atoms with Gasteiger partial charge in [-0.3, -0.25) is 0 Å². The molecule has 1 N–H and O–H groups in total. The first kappa shape index (κ1) is 14.9. The third-order valence-electron chi connectivity index (χ3n) is 2.96. The predicted octanol–water partition coefficient (Wildman–Crippen LogP) is 3.35. The van der Waals surface area contributed by atoms with Crippen LogP contribution in [-0.2, 0) is 4.74 Å². The highest BCUT2D eigenvalue weighted by Crippen LogP contribution is 2.18. The van der Waals surface area contributed by atoms with Crippen molar-refractivity contribution >= 4 is 6.08 Å². The summed E-state index contributed by atoms with van der Waals surface area (Å²) in [6.45, 7) is 7.27. The van der Waals surface area contributed by atoms with Crippen LogP contribution in [0.3, 0.4) is 0 Å². The summed E-state index contributed by atoms with van der Waals surface area (Å²) < 4.78 is 5.12. The lowest BCUT2D eigenvalue weighted by Crippen LogP contribution is -2.30. The topological polar surface area (TPSA) is 21.3 Å². The number of rotatable bonds is 8.